The molecule has 0 unspecified atom stereocenters. The topological polar surface area (TPSA) is 44.4 Å². The number of nitrogens with zero attached hydrogens (tertiary/aromatic N) is 1. The van der Waals surface area contributed by atoms with Crippen LogP contribution in [0.25, 0.3) is 0 Å². The molecule has 2 atom stereocenters. The average molecular weight is 311 g/mol. The normalized spacial score (nSPS) is 15.3. The third kappa shape index (κ3) is 10.5. The van der Waals surface area contributed by atoms with E-state index in [1.165, 1.54) is 11.9 Å². The highest BCUT2D eigenvalue weighted by Crippen LogP contribution is 2.15. The molecule has 0 aliphatic heterocycles. The Morgan fingerprint density at radius 2 is 1.76 bits per heavy atom. The van der Waals surface area contributed by atoms with E-state index >= 15 is 0 Å². The van der Waals surface area contributed by atoms with Gasteiger partial charge in [0.1, 0.15) is 0 Å². The van der Waals surface area contributed by atoms with Crippen LogP contribution in [0.4, 0.5) is 13.2 Å². The third-order valence-electron chi connectivity index (χ3n) is 3.37. The maximum absolute atomic E-state index is 12.1. The molecule has 0 spiro atoms. The second-order valence-corrected chi connectivity index (χ2v) is 5.92. The summed E-state index contributed by atoms with van der Waals surface area (Å²) in [4.78, 5) is 13.0. The first-order valence-corrected chi connectivity index (χ1v) is 7.32. The van der Waals surface area contributed by atoms with E-state index in [2.05, 4.69) is 24.5 Å². The molecule has 4 nitrogen and oxygen atoms in total. The Balaban J connectivity index is 3.84. The van der Waals surface area contributed by atoms with Gasteiger partial charge in [-0.2, -0.15) is 13.2 Å². The highest BCUT2D eigenvalue weighted by atomic mass is 19.4. The fourth-order valence-electron chi connectivity index (χ4n) is 1.76. The SMILES string of the molecule is CC(C)[C@H](C)N[C@H](C)C(=O)NCCCN(C)CC(F)(F)F. The summed E-state index contributed by atoms with van der Waals surface area (Å²) in [6, 6.07) is -0.0843. The number of rotatable bonds is 9. The Kier molecular flexibility index (Phi) is 8.89. The number of carbonyl (C=O) groups excluding carboxylic acids is 1. The minimum Gasteiger partial charge on any atom is -0.355 e. The van der Waals surface area contributed by atoms with Crippen LogP contribution < -0.4 is 10.6 Å². The first-order valence-electron chi connectivity index (χ1n) is 7.32. The maximum atomic E-state index is 12.1. The Morgan fingerprint density at radius 1 is 1.19 bits per heavy atom. The van der Waals surface area contributed by atoms with Crippen molar-refractivity contribution in [2.75, 3.05) is 26.7 Å². The van der Waals surface area contributed by atoms with Gasteiger partial charge >= 0.3 is 6.18 Å². The van der Waals surface area contributed by atoms with E-state index in [-0.39, 0.29) is 18.0 Å². The Labute approximate surface area is 125 Å². The fraction of sp³-hybridized carbons (Fsp3) is 0.929. The molecule has 21 heavy (non-hydrogen) atoms. The van der Waals surface area contributed by atoms with Gasteiger partial charge in [-0.25, -0.2) is 0 Å². The zero-order valence-corrected chi connectivity index (χ0v) is 13.5. The van der Waals surface area contributed by atoms with Gasteiger partial charge in [0.05, 0.1) is 12.6 Å². The molecule has 0 aromatic rings. The molecule has 0 bridgehead atoms. The first-order chi connectivity index (χ1) is 9.53. The van der Waals surface area contributed by atoms with Gasteiger partial charge in [-0.15, -0.1) is 0 Å². The summed E-state index contributed by atoms with van der Waals surface area (Å²) >= 11 is 0. The predicted molar refractivity (Wildman–Crippen MR) is 78.1 cm³/mol. The summed E-state index contributed by atoms with van der Waals surface area (Å²) in [5.41, 5.74) is 0. The molecule has 7 heteroatoms. The van der Waals surface area contributed by atoms with Crippen LogP contribution in [0.2, 0.25) is 0 Å². The van der Waals surface area contributed by atoms with Crippen molar-refractivity contribution in [2.24, 2.45) is 5.92 Å². The first kappa shape index (κ1) is 20.2. The van der Waals surface area contributed by atoms with Crippen LogP contribution in [0, 0.1) is 5.92 Å². The summed E-state index contributed by atoms with van der Waals surface area (Å²) in [5.74, 6) is 0.303. The van der Waals surface area contributed by atoms with Crippen molar-refractivity contribution < 1.29 is 18.0 Å². The van der Waals surface area contributed by atoms with Crippen molar-refractivity contribution in [3.63, 3.8) is 0 Å². The molecule has 126 valence electrons. The number of amides is 1. The van der Waals surface area contributed by atoms with Gasteiger partial charge in [0.2, 0.25) is 5.91 Å². The highest BCUT2D eigenvalue weighted by molar-refractivity contribution is 5.81. The number of alkyl halides is 3. The molecular formula is C14H28F3N3O. The third-order valence-corrected chi connectivity index (χ3v) is 3.37. The van der Waals surface area contributed by atoms with Crippen LogP contribution in [0.3, 0.4) is 0 Å². The van der Waals surface area contributed by atoms with Gasteiger partial charge in [0, 0.05) is 12.6 Å². The summed E-state index contributed by atoms with van der Waals surface area (Å²) in [6.45, 7) is 7.68. The Morgan fingerprint density at radius 3 is 2.24 bits per heavy atom. The molecule has 0 fully saturated rings. The molecule has 0 rings (SSSR count). The minimum absolute atomic E-state index is 0.124. The largest absolute Gasteiger partial charge is 0.401 e. The van der Waals surface area contributed by atoms with Gasteiger partial charge in [-0.3, -0.25) is 9.69 Å². The minimum atomic E-state index is -4.18. The lowest BCUT2D eigenvalue weighted by molar-refractivity contribution is -0.143. The van der Waals surface area contributed by atoms with E-state index in [0.717, 1.165) is 0 Å². The summed E-state index contributed by atoms with van der Waals surface area (Å²) < 4.78 is 36.3. The number of carbonyl (C=O) groups is 1. The molecule has 2 N–H and O–H groups in total. The van der Waals surface area contributed by atoms with Crippen molar-refractivity contribution in [1.82, 2.24) is 15.5 Å². The lowest BCUT2D eigenvalue weighted by Gasteiger charge is -2.22. The molecule has 0 aromatic heterocycles. The van der Waals surface area contributed by atoms with Crippen LogP contribution in [-0.2, 0) is 4.79 Å². The van der Waals surface area contributed by atoms with Crippen LogP contribution in [-0.4, -0.2) is 55.7 Å². The van der Waals surface area contributed by atoms with E-state index in [1.807, 2.05) is 6.92 Å². The lowest BCUT2D eigenvalue weighted by atomic mass is 10.1. The quantitative estimate of drug-likeness (QED) is 0.640. The van der Waals surface area contributed by atoms with Gasteiger partial charge < -0.3 is 10.6 Å². The molecule has 0 saturated heterocycles. The van der Waals surface area contributed by atoms with Gasteiger partial charge in [-0.05, 0) is 39.8 Å². The standard InChI is InChI=1S/C14H28F3N3O/c1-10(2)11(3)19-12(4)13(21)18-7-6-8-20(5)9-14(15,16)17/h10-12,19H,6-9H2,1-5H3,(H,18,21)/t11-,12+/m0/s1. The van der Waals surface area contributed by atoms with Crippen molar-refractivity contribution in [1.29, 1.82) is 0 Å². The van der Waals surface area contributed by atoms with Crippen molar-refractivity contribution in [3.8, 4) is 0 Å². The van der Waals surface area contributed by atoms with Crippen molar-refractivity contribution in [3.05, 3.63) is 0 Å². The molecule has 1 amide bonds. The van der Waals surface area contributed by atoms with Crippen LogP contribution >= 0.6 is 0 Å². The van der Waals surface area contributed by atoms with Gasteiger partial charge in [0.25, 0.3) is 0 Å². The lowest BCUT2D eigenvalue weighted by Crippen LogP contribution is -2.47. The molecule has 0 heterocycles. The highest BCUT2D eigenvalue weighted by Gasteiger charge is 2.28. The molecule has 0 aliphatic rings. The van der Waals surface area contributed by atoms with E-state index in [4.69, 9.17) is 0 Å². The predicted octanol–water partition coefficient (Wildman–Crippen LogP) is 2.01. The molecular weight excluding hydrogens is 283 g/mol. The monoisotopic (exact) mass is 311 g/mol. The summed E-state index contributed by atoms with van der Waals surface area (Å²) in [5, 5.41) is 5.92. The fourth-order valence-corrected chi connectivity index (χ4v) is 1.76. The number of halogens is 3. The number of hydrogen-bond acceptors (Lipinski definition) is 3. The van der Waals surface area contributed by atoms with Crippen molar-refractivity contribution >= 4 is 5.91 Å². The zero-order valence-electron chi connectivity index (χ0n) is 13.5. The zero-order chi connectivity index (χ0) is 16.6. The molecule has 0 radical (unpaired) electrons. The van der Waals surface area contributed by atoms with Crippen molar-refractivity contribution in [2.45, 2.75) is 52.4 Å². The number of nitrogens with one attached hydrogen (secondary N) is 2. The van der Waals surface area contributed by atoms with E-state index in [1.54, 1.807) is 6.92 Å². The second kappa shape index (κ2) is 9.25. The van der Waals surface area contributed by atoms with Gasteiger partial charge in [0.15, 0.2) is 0 Å². The van der Waals surface area contributed by atoms with E-state index in [0.29, 0.717) is 25.4 Å². The van der Waals surface area contributed by atoms with E-state index < -0.39 is 12.7 Å². The molecule has 0 aromatic carbocycles. The number of hydrogen-bond donors (Lipinski definition) is 2. The second-order valence-electron chi connectivity index (χ2n) is 5.92. The average Bonchev–Trinajstić information content (AvgIpc) is 2.31. The Hall–Kier alpha value is -0.820. The van der Waals surface area contributed by atoms with Crippen LogP contribution in [0.5, 0.6) is 0 Å². The summed E-state index contributed by atoms with van der Waals surface area (Å²) in [6.07, 6.45) is -3.69. The molecule has 0 aliphatic carbocycles. The summed E-state index contributed by atoms with van der Waals surface area (Å²) in [7, 11) is 1.42. The Bertz CT molecular complexity index is 308. The van der Waals surface area contributed by atoms with Gasteiger partial charge in [-0.1, -0.05) is 13.8 Å². The van der Waals surface area contributed by atoms with E-state index in [9.17, 15) is 18.0 Å². The maximum Gasteiger partial charge on any atom is 0.401 e. The van der Waals surface area contributed by atoms with Crippen LogP contribution in [0.1, 0.15) is 34.1 Å². The molecule has 0 saturated carbocycles. The smallest absolute Gasteiger partial charge is 0.355 e. The van der Waals surface area contributed by atoms with Crippen LogP contribution in [0.15, 0.2) is 0 Å².